The number of hydrogen-bond acceptors (Lipinski definition) is 6. The molecule has 2 N–H and O–H groups in total. The van der Waals surface area contributed by atoms with Crippen LogP contribution < -0.4 is 5.32 Å². The Kier molecular flexibility index (Phi) is 5.55. The van der Waals surface area contributed by atoms with Gasteiger partial charge in [0.2, 0.25) is 0 Å². The molecule has 4 aromatic heterocycles. The molecule has 0 aliphatic rings. The zero-order chi connectivity index (χ0) is 24.7. The van der Waals surface area contributed by atoms with Gasteiger partial charge in [0.1, 0.15) is 17.2 Å². The number of carboxylic acid groups (broad SMARTS) is 1. The first-order valence-corrected chi connectivity index (χ1v) is 9.31. The average molecular weight is 479 g/mol. The smallest absolute Gasteiger partial charge is 0.418 e. The lowest BCUT2D eigenvalue weighted by Gasteiger charge is -2.13. The highest BCUT2D eigenvalue weighted by atomic mass is 19.4. The molecule has 4 rings (SSSR count). The number of nitrogens with zero attached hydrogens (tertiary/aromatic N) is 4. The van der Waals surface area contributed by atoms with Crippen molar-refractivity contribution in [1.29, 1.82) is 0 Å². The van der Waals surface area contributed by atoms with Crippen molar-refractivity contribution in [3.05, 3.63) is 71.7 Å². The summed E-state index contributed by atoms with van der Waals surface area (Å²) in [6.45, 7) is 0. The summed E-state index contributed by atoms with van der Waals surface area (Å²) < 4.78 is 78.6. The number of anilines is 2. The van der Waals surface area contributed by atoms with Crippen molar-refractivity contribution in [3.63, 3.8) is 0 Å². The van der Waals surface area contributed by atoms with Crippen molar-refractivity contribution < 1.29 is 36.2 Å². The molecule has 0 radical (unpaired) electrons. The van der Waals surface area contributed by atoms with E-state index in [0.717, 1.165) is 18.2 Å². The zero-order valence-corrected chi connectivity index (χ0v) is 16.6. The molecule has 34 heavy (non-hydrogen) atoms. The minimum Gasteiger partial charge on any atom is -0.477 e. The van der Waals surface area contributed by atoms with Gasteiger partial charge in [0.05, 0.1) is 22.5 Å². The fourth-order valence-corrected chi connectivity index (χ4v) is 3.05. The maximum absolute atomic E-state index is 13.5. The van der Waals surface area contributed by atoms with Crippen LogP contribution in [0.3, 0.4) is 0 Å². The molecule has 0 saturated carbocycles. The highest BCUT2D eigenvalue weighted by Crippen LogP contribution is 2.36. The minimum atomic E-state index is -4.82. The summed E-state index contributed by atoms with van der Waals surface area (Å²) in [7, 11) is 0. The van der Waals surface area contributed by atoms with Crippen LogP contribution in [0, 0.1) is 0 Å². The minimum absolute atomic E-state index is 0.00920. The van der Waals surface area contributed by atoms with Crippen LogP contribution in [0.15, 0.2) is 54.9 Å². The van der Waals surface area contributed by atoms with E-state index in [1.807, 2.05) is 0 Å². The number of pyridine rings is 4. The lowest BCUT2D eigenvalue weighted by molar-refractivity contribution is -0.138. The van der Waals surface area contributed by atoms with E-state index in [2.05, 4.69) is 25.3 Å². The van der Waals surface area contributed by atoms with Crippen LogP contribution in [-0.4, -0.2) is 31.0 Å². The molecule has 0 amide bonds. The topological polar surface area (TPSA) is 101 Å². The summed E-state index contributed by atoms with van der Waals surface area (Å²) in [5, 5.41) is 12.2. The Morgan fingerprint density at radius 1 is 0.853 bits per heavy atom. The van der Waals surface area contributed by atoms with Crippen LogP contribution in [0.4, 0.5) is 37.8 Å². The van der Waals surface area contributed by atoms with Crippen LogP contribution >= 0.6 is 0 Å². The van der Waals surface area contributed by atoms with Gasteiger partial charge >= 0.3 is 18.3 Å². The molecule has 0 aliphatic heterocycles. The Labute approximate surface area is 186 Å². The molecule has 13 heteroatoms. The van der Waals surface area contributed by atoms with Crippen molar-refractivity contribution >= 4 is 28.5 Å². The van der Waals surface area contributed by atoms with E-state index in [0.29, 0.717) is 23.3 Å². The predicted molar refractivity (Wildman–Crippen MR) is 107 cm³/mol. The number of aromatic carboxylic acids is 1. The predicted octanol–water partition coefficient (Wildman–Crippen LogP) is 5.57. The maximum atomic E-state index is 13.5. The van der Waals surface area contributed by atoms with Gasteiger partial charge in [-0.1, -0.05) is 0 Å². The number of aromatic nitrogens is 4. The van der Waals surface area contributed by atoms with E-state index >= 15 is 0 Å². The third-order valence-corrected chi connectivity index (χ3v) is 4.62. The number of fused-ring (bicyclic) bond motifs is 1. The first-order valence-electron chi connectivity index (χ1n) is 9.31. The quantitative estimate of drug-likeness (QED) is 0.369. The zero-order valence-electron chi connectivity index (χ0n) is 16.6. The second-order valence-electron chi connectivity index (χ2n) is 6.88. The highest BCUT2D eigenvalue weighted by Gasteiger charge is 2.35. The van der Waals surface area contributed by atoms with Gasteiger partial charge < -0.3 is 10.4 Å². The number of rotatable bonds is 4. The van der Waals surface area contributed by atoms with Crippen LogP contribution in [-0.2, 0) is 12.4 Å². The molecular formula is C21H11F6N5O2. The highest BCUT2D eigenvalue weighted by molar-refractivity contribution is 5.92. The van der Waals surface area contributed by atoms with E-state index < -0.39 is 40.8 Å². The molecular weight excluding hydrogens is 468 g/mol. The van der Waals surface area contributed by atoms with Crippen LogP contribution in [0.1, 0.15) is 21.6 Å². The van der Waals surface area contributed by atoms with Gasteiger partial charge in [-0.15, -0.1) is 0 Å². The number of carboxylic acids is 1. The lowest BCUT2D eigenvalue weighted by Crippen LogP contribution is -2.12. The molecule has 0 saturated heterocycles. The molecule has 0 aliphatic carbocycles. The van der Waals surface area contributed by atoms with Crippen molar-refractivity contribution in [2.45, 2.75) is 12.4 Å². The standard InChI is InChI=1S/C21H11F6N5O2/c22-20(23,24)10-1-6-16(29-9-10)30-13-7-8-28-18-11(13)2-4-14(32-18)17-12(21(25,26)27)3-5-15(31-17)19(33)34/h1-9H,(H,33,34)(H,28,29,30,32). The molecule has 4 aromatic rings. The monoisotopic (exact) mass is 479 g/mol. The van der Waals surface area contributed by atoms with Gasteiger partial charge in [-0.2, -0.15) is 26.3 Å². The van der Waals surface area contributed by atoms with E-state index in [4.69, 9.17) is 5.11 Å². The third-order valence-electron chi connectivity index (χ3n) is 4.62. The summed E-state index contributed by atoms with van der Waals surface area (Å²) in [5.74, 6) is -1.43. The van der Waals surface area contributed by atoms with Gasteiger partial charge in [-0.25, -0.2) is 24.7 Å². The molecule has 0 spiro atoms. The van der Waals surface area contributed by atoms with Gasteiger partial charge in [0.15, 0.2) is 5.65 Å². The number of halogens is 6. The molecule has 174 valence electrons. The van der Waals surface area contributed by atoms with Gasteiger partial charge in [-0.3, -0.25) is 0 Å². The Balaban J connectivity index is 1.75. The summed E-state index contributed by atoms with van der Waals surface area (Å²) in [6, 6.07) is 7.38. The van der Waals surface area contributed by atoms with Gasteiger partial charge in [0, 0.05) is 17.8 Å². The van der Waals surface area contributed by atoms with Gasteiger partial charge in [0.25, 0.3) is 0 Å². The maximum Gasteiger partial charge on any atom is 0.418 e. The second kappa shape index (κ2) is 8.24. The van der Waals surface area contributed by atoms with E-state index in [1.165, 1.54) is 24.4 Å². The summed E-state index contributed by atoms with van der Waals surface area (Å²) >= 11 is 0. The molecule has 0 atom stereocenters. The molecule has 7 nitrogen and oxygen atoms in total. The average Bonchev–Trinajstić information content (AvgIpc) is 2.77. The fourth-order valence-electron chi connectivity index (χ4n) is 3.05. The Morgan fingerprint density at radius 3 is 2.24 bits per heavy atom. The van der Waals surface area contributed by atoms with Gasteiger partial charge in [-0.05, 0) is 42.5 Å². The van der Waals surface area contributed by atoms with Crippen molar-refractivity contribution in [3.8, 4) is 11.4 Å². The normalized spacial score (nSPS) is 12.1. The van der Waals surface area contributed by atoms with E-state index in [-0.39, 0.29) is 17.2 Å². The van der Waals surface area contributed by atoms with Crippen LogP contribution in [0.2, 0.25) is 0 Å². The molecule has 0 fully saturated rings. The molecule has 0 bridgehead atoms. The largest absolute Gasteiger partial charge is 0.477 e. The molecule has 4 heterocycles. The Morgan fingerprint density at radius 2 is 1.62 bits per heavy atom. The number of nitrogens with one attached hydrogen (secondary N) is 1. The summed E-state index contributed by atoms with van der Waals surface area (Å²) in [5.41, 5.74) is -3.32. The lowest BCUT2D eigenvalue weighted by atomic mass is 10.1. The first-order chi connectivity index (χ1) is 15.9. The summed E-state index contributed by atoms with van der Waals surface area (Å²) in [4.78, 5) is 26.6. The third kappa shape index (κ3) is 4.58. The number of carbonyl (C=O) groups is 1. The first kappa shape index (κ1) is 22.9. The van der Waals surface area contributed by atoms with Crippen molar-refractivity contribution in [2.75, 3.05) is 5.32 Å². The molecule has 0 aromatic carbocycles. The number of alkyl halides is 6. The fraction of sp³-hybridized carbons (Fsp3) is 0.0952. The molecule has 0 unspecified atom stereocenters. The summed E-state index contributed by atoms with van der Waals surface area (Å²) in [6.07, 6.45) is -7.42. The second-order valence-corrected chi connectivity index (χ2v) is 6.88. The van der Waals surface area contributed by atoms with E-state index in [1.54, 1.807) is 0 Å². The Bertz CT molecular complexity index is 1390. The van der Waals surface area contributed by atoms with Crippen molar-refractivity contribution in [2.24, 2.45) is 0 Å². The van der Waals surface area contributed by atoms with Crippen molar-refractivity contribution in [1.82, 2.24) is 19.9 Å². The number of hydrogen-bond donors (Lipinski definition) is 2. The Hall–Kier alpha value is -4.29. The SMILES string of the molecule is O=C(O)c1ccc(C(F)(F)F)c(-c2ccc3c(Nc4ccc(C(F)(F)F)cn4)ccnc3n2)n1. The van der Waals surface area contributed by atoms with Crippen LogP contribution in [0.5, 0.6) is 0 Å². The van der Waals surface area contributed by atoms with Crippen LogP contribution in [0.25, 0.3) is 22.4 Å². The van der Waals surface area contributed by atoms with E-state index in [9.17, 15) is 31.1 Å².